The molecule has 1 heterocycles. The van der Waals surface area contributed by atoms with Crippen molar-refractivity contribution in [3.8, 4) is 0 Å². The fourth-order valence-electron chi connectivity index (χ4n) is 2.87. The van der Waals surface area contributed by atoms with Gasteiger partial charge in [0, 0.05) is 18.2 Å². The van der Waals surface area contributed by atoms with Gasteiger partial charge in [-0.25, -0.2) is 0 Å². The van der Waals surface area contributed by atoms with Gasteiger partial charge in [-0.2, -0.15) is 5.06 Å². The standard InChI is InChI=1S/C12H25NO2/c1-11(2)8-7-10(14-5)9-12(3,4)13(11)15-6/h10H,7-9H2,1-6H3. The van der Waals surface area contributed by atoms with Crippen LogP contribution in [0.25, 0.3) is 0 Å². The molecule has 0 bridgehead atoms. The maximum Gasteiger partial charge on any atom is 0.0590 e. The largest absolute Gasteiger partial charge is 0.381 e. The van der Waals surface area contributed by atoms with Crippen LogP contribution in [0, 0.1) is 0 Å². The van der Waals surface area contributed by atoms with Crippen molar-refractivity contribution < 1.29 is 9.57 Å². The summed E-state index contributed by atoms with van der Waals surface area (Å²) in [6.45, 7) is 8.90. The molecule has 0 amide bonds. The molecule has 1 atom stereocenters. The van der Waals surface area contributed by atoms with Gasteiger partial charge in [0.15, 0.2) is 0 Å². The van der Waals surface area contributed by atoms with Gasteiger partial charge in [-0.05, 0) is 47.0 Å². The van der Waals surface area contributed by atoms with Gasteiger partial charge < -0.3 is 9.57 Å². The molecule has 0 saturated carbocycles. The molecule has 90 valence electrons. The highest BCUT2D eigenvalue weighted by atomic mass is 16.7. The maximum atomic E-state index is 5.57. The lowest BCUT2D eigenvalue weighted by Crippen LogP contribution is -2.53. The number of nitrogens with zero attached hydrogens (tertiary/aromatic N) is 1. The third-order valence-corrected chi connectivity index (χ3v) is 3.42. The fraction of sp³-hybridized carbons (Fsp3) is 1.00. The molecule has 0 N–H and O–H groups in total. The normalized spacial score (nSPS) is 31.2. The summed E-state index contributed by atoms with van der Waals surface area (Å²) in [6.07, 6.45) is 3.57. The minimum absolute atomic E-state index is 0.0232. The van der Waals surface area contributed by atoms with Crippen LogP contribution in [0.1, 0.15) is 47.0 Å². The maximum absolute atomic E-state index is 5.57. The molecule has 1 unspecified atom stereocenters. The molecule has 3 heteroatoms. The van der Waals surface area contributed by atoms with Gasteiger partial charge in [-0.3, -0.25) is 0 Å². The van der Waals surface area contributed by atoms with E-state index in [1.807, 2.05) is 0 Å². The summed E-state index contributed by atoms with van der Waals surface area (Å²) in [5, 5.41) is 2.12. The van der Waals surface area contributed by atoms with Crippen LogP contribution < -0.4 is 0 Å². The first-order valence-electron chi connectivity index (χ1n) is 5.71. The predicted octanol–water partition coefficient (Wildman–Crippen LogP) is 2.61. The summed E-state index contributed by atoms with van der Waals surface area (Å²) in [6, 6.07) is 0. The minimum atomic E-state index is 0.0232. The van der Waals surface area contributed by atoms with Crippen molar-refractivity contribution in [2.24, 2.45) is 0 Å². The van der Waals surface area contributed by atoms with E-state index < -0.39 is 0 Å². The van der Waals surface area contributed by atoms with Crippen molar-refractivity contribution in [1.82, 2.24) is 5.06 Å². The van der Waals surface area contributed by atoms with Gasteiger partial charge in [0.25, 0.3) is 0 Å². The van der Waals surface area contributed by atoms with Crippen LogP contribution in [0.15, 0.2) is 0 Å². The fourth-order valence-corrected chi connectivity index (χ4v) is 2.87. The number of hydrogen-bond donors (Lipinski definition) is 0. The molecule has 1 rings (SSSR count). The Morgan fingerprint density at radius 3 is 2.13 bits per heavy atom. The van der Waals surface area contributed by atoms with Gasteiger partial charge in [-0.1, -0.05) is 0 Å². The summed E-state index contributed by atoms with van der Waals surface area (Å²) in [4.78, 5) is 5.57. The lowest BCUT2D eigenvalue weighted by atomic mass is 9.95. The Labute approximate surface area is 93.7 Å². The first kappa shape index (κ1) is 12.9. The average molecular weight is 215 g/mol. The van der Waals surface area contributed by atoms with Gasteiger partial charge >= 0.3 is 0 Å². The molecule has 0 aromatic heterocycles. The summed E-state index contributed by atoms with van der Waals surface area (Å²) in [5.74, 6) is 0. The van der Waals surface area contributed by atoms with E-state index in [1.165, 1.54) is 0 Å². The number of hydrogen-bond acceptors (Lipinski definition) is 3. The van der Waals surface area contributed by atoms with Gasteiger partial charge in [0.2, 0.25) is 0 Å². The molecule has 1 aliphatic heterocycles. The zero-order valence-corrected chi connectivity index (χ0v) is 11.0. The molecule has 0 aliphatic carbocycles. The lowest BCUT2D eigenvalue weighted by molar-refractivity contribution is -0.247. The molecular formula is C12H25NO2. The molecule has 0 radical (unpaired) electrons. The molecule has 1 aliphatic rings. The van der Waals surface area contributed by atoms with Crippen LogP contribution >= 0.6 is 0 Å². The Kier molecular flexibility index (Phi) is 3.80. The van der Waals surface area contributed by atoms with Crippen LogP contribution in [0.5, 0.6) is 0 Å². The number of rotatable bonds is 2. The SMILES string of the molecule is COC1CCC(C)(C)N(OC)C(C)(C)C1. The summed E-state index contributed by atoms with van der Waals surface area (Å²) in [7, 11) is 3.56. The number of hydroxylamine groups is 2. The third-order valence-electron chi connectivity index (χ3n) is 3.42. The molecular weight excluding hydrogens is 190 g/mol. The quantitative estimate of drug-likeness (QED) is 0.706. The third kappa shape index (κ3) is 2.71. The highest BCUT2D eigenvalue weighted by Crippen LogP contribution is 2.37. The Bertz CT molecular complexity index is 214. The topological polar surface area (TPSA) is 21.7 Å². The zero-order valence-electron chi connectivity index (χ0n) is 11.0. The van der Waals surface area contributed by atoms with E-state index in [1.54, 1.807) is 14.2 Å². The summed E-state index contributed by atoms with van der Waals surface area (Å²) in [5.41, 5.74) is 0.0982. The second-order valence-electron chi connectivity index (χ2n) is 5.70. The molecule has 1 saturated heterocycles. The first-order chi connectivity index (χ1) is 6.83. The van der Waals surface area contributed by atoms with Crippen molar-refractivity contribution in [3.05, 3.63) is 0 Å². The van der Waals surface area contributed by atoms with Gasteiger partial charge in [-0.15, -0.1) is 0 Å². The van der Waals surface area contributed by atoms with Crippen molar-refractivity contribution >= 4 is 0 Å². The second-order valence-corrected chi connectivity index (χ2v) is 5.70. The number of methoxy groups -OCH3 is 1. The number of ether oxygens (including phenoxy) is 1. The highest BCUT2D eigenvalue weighted by molar-refractivity contribution is 4.93. The Balaban J connectivity index is 2.91. The molecule has 0 aromatic carbocycles. The van der Waals surface area contributed by atoms with E-state index in [2.05, 4.69) is 32.8 Å². The van der Waals surface area contributed by atoms with Crippen molar-refractivity contribution in [1.29, 1.82) is 0 Å². The smallest absolute Gasteiger partial charge is 0.0590 e. The minimum Gasteiger partial charge on any atom is -0.381 e. The van der Waals surface area contributed by atoms with E-state index in [0.717, 1.165) is 19.3 Å². The monoisotopic (exact) mass is 215 g/mol. The van der Waals surface area contributed by atoms with E-state index >= 15 is 0 Å². The average Bonchev–Trinajstić information content (AvgIpc) is 2.19. The van der Waals surface area contributed by atoms with Crippen molar-refractivity contribution in [2.45, 2.75) is 64.1 Å². The Hall–Kier alpha value is -0.120. The summed E-state index contributed by atoms with van der Waals surface area (Å²) >= 11 is 0. The van der Waals surface area contributed by atoms with Gasteiger partial charge in [0.1, 0.15) is 0 Å². The molecule has 0 spiro atoms. The zero-order chi connectivity index (χ0) is 11.7. The lowest BCUT2D eigenvalue weighted by Gasteiger charge is -2.44. The first-order valence-corrected chi connectivity index (χ1v) is 5.71. The van der Waals surface area contributed by atoms with Crippen LogP contribution in [0.2, 0.25) is 0 Å². The molecule has 15 heavy (non-hydrogen) atoms. The van der Waals surface area contributed by atoms with Crippen molar-refractivity contribution in [3.63, 3.8) is 0 Å². The molecule has 3 nitrogen and oxygen atoms in total. The van der Waals surface area contributed by atoms with Crippen LogP contribution in [0.4, 0.5) is 0 Å². The van der Waals surface area contributed by atoms with E-state index in [0.29, 0.717) is 6.10 Å². The Morgan fingerprint density at radius 2 is 1.67 bits per heavy atom. The van der Waals surface area contributed by atoms with E-state index in [-0.39, 0.29) is 11.1 Å². The van der Waals surface area contributed by atoms with Crippen LogP contribution in [0.3, 0.4) is 0 Å². The molecule has 1 fully saturated rings. The Morgan fingerprint density at radius 1 is 1.07 bits per heavy atom. The predicted molar refractivity (Wildman–Crippen MR) is 61.7 cm³/mol. The van der Waals surface area contributed by atoms with Crippen LogP contribution in [-0.2, 0) is 9.57 Å². The highest BCUT2D eigenvalue weighted by Gasteiger charge is 2.42. The van der Waals surface area contributed by atoms with Crippen LogP contribution in [-0.4, -0.2) is 36.5 Å². The van der Waals surface area contributed by atoms with E-state index in [9.17, 15) is 0 Å². The second kappa shape index (κ2) is 4.40. The van der Waals surface area contributed by atoms with E-state index in [4.69, 9.17) is 9.57 Å². The van der Waals surface area contributed by atoms with Gasteiger partial charge in [0.05, 0.1) is 13.2 Å². The molecule has 0 aromatic rings. The van der Waals surface area contributed by atoms with Crippen molar-refractivity contribution in [2.75, 3.05) is 14.2 Å². The summed E-state index contributed by atoms with van der Waals surface area (Å²) < 4.78 is 5.51.